The monoisotopic (exact) mass is 568 g/mol. The molecule has 0 amide bonds. The highest BCUT2D eigenvalue weighted by molar-refractivity contribution is 6.84. The van der Waals surface area contributed by atoms with Crippen molar-refractivity contribution >= 4 is 23.2 Å². The molecule has 0 bridgehead atoms. The maximum Gasteiger partial charge on any atom is 0.335 e. The highest BCUT2D eigenvalue weighted by Gasteiger charge is 2.61. The van der Waals surface area contributed by atoms with Crippen LogP contribution >= 0.6 is 0 Å². The van der Waals surface area contributed by atoms with Crippen LogP contribution in [0.25, 0.3) is 6.08 Å². The van der Waals surface area contributed by atoms with Crippen molar-refractivity contribution in [1.29, 1.82) is 0 Å². The molecule has 0 radical (unpaired) electrons. The minimum Gasteiger partial charge on any atom is -0.481 e. The summed E-state index contributed by atoms with van der Waals surface area (Å²) in [7, 11) is -2.43. The minimum atomic E-state index is -2.85. The molecule has 0 N–H and O–H groups in total. The zero-order valence-corrected chi connectivity index (χ0v) is 27.2. The fourth-order valence-corrected chi connectivity index (χ4v) is 16.6. The molecule has 0 saturated carbocycles. The van der Waals surface area contributed by atoms with Crippen LogP contribution in [0.2, 0.25) is 22.2 Å². The quantitative estimate of drug-likeness (QED) is 0.333. The van der Waals surface area contributed by atoms with E-state index in [2.05, 4.69) is 65.4 Å². The molecule has 3 rings (SSSR count). The molecule has 2 aliphatic rings. The summed E-state index contributed by atoms with van der Waals surface area (Å²) in [5.74, 6) is 0.406. The fourth-order valence-electron chi connectivity index (χ4n) is 5.42. The largest absolute Gasteiger partial charge is 0.481 e. The van der Waals surface area contributed by atoms with Crippen molar-refractivity contribution in [2.75, 3.05) is 20.8 Å². The Morgan fingerprint density at radius 2 is 1.47 bits per heavy atom. The lowest BCUT2D eigenvalue weighted by atomic mass is 10.1. The summed E-state index contributed by atoms with van der Waals surface area (Å²) < 4.78 is 45.0. The maximum atomic E-state index is 7.35. The highest BCUT2D eigenvalue weighted by atomic mass is 28.5. The van der Waals surface area contributed by atoms with Crippen LogP contribution in [0, 0.1) is 0 Å². The topological polar surface area (TPSA) is 90.4 Å². The third-order valence-electron chi connectivity index (χ3n) is 7.36. The first-order chi connectivity index (χ1) is 17.8. The van der Waals surface area contributed by atoms with Gasteiger partial charge in [-0.15, -0.1) is 0 Å². The van der Waals surface area contributed by atoms with Crippen LogP contribution in [0.1, 0.15) is 74.9 Å². The molecule has 0 spiro atoms. The van der Waals surface area contributed by atoms with Crippen LogP contribution in [-0.4, -0.2) is 72.5 Å². The highest BCUT2D eigenvalue weighted by Crippen LogP contribution is 2.48. The van der Waals surface area contributed by atoms with E-state index >= 15 is 0 Å². The molecular weight excluding hydrogens is 520 g/mol. The Balaban J connectivity index is 2.18. The van der Waals surface area contributed by atoms with Crippen LogP contribution in [-0.2, 0) is 22.4 Å². The number of ether oxygens (including phenoxy) is 4. The van der Waals surface area contributed by atoms with Crippen molar-refractivity contribution < 1.29 is 31.9 Å². The van der Waals surface area contributed by atoms with Gasteiger partial charge < -0.3 is 31.9 Å². The van der Waals surface area contributed by atoms with Gasteiger partial charge in [-0.05, 0) is 42.1 Å². The van der Waals surface area contributed by atoms with E-state index in [1.165, 1.54) is 7.11 Å². The fraction of sp³-hybridized carbons (Fsp3) is 0.778. The summed E-state index contributed by atoms with van der Waals surface area (Å²) in [5.41, 5.74) is 2.37. The Kier molecular flexibility index (Phi) is 10.2. The molecule has 3 atom stereocenters. The Morgan fingerprint density at radius 3 is 1.97 bits per heavy atom. The molecular formula is C27H48N2O7Si2. The number of fused-ring (bicyclic) bond motifs is 1. The van der Waals surface area contributed by atoms with E-state index in [4.69, 9.17) is 31.9 Å². The van der Waals surface area contributed by atoms with Crippen molar-refractivity contribution in [3.63, 3.8) is 0 Å². The summed E-state index contributed by atoms with van der Waals surface area (Å²) in [6, 6.07) is 1.98. The molecule has 38 heavy (non-hydrogen) atoms. The summed E-state index contributed by atoms with van der Waals surface area (Å²) >= 11 is 0. The van der Waals surface area contributed by atoms with Crippen LogP contribution < -0.4 is 9.47 Å². The predicted molar refractivity (Wildman–Crippen MR) is 152 cm³/mol. The average molecular weight is 569 g/mol. The lowest BCUT2D eigenvalue weighted by Crippen LogP contribution is -2.65. The molecule has 1 aromatic rings. The number of aromatic nitrogens is 2. The molecule has 2 aliphatic heterocycles. The lowest BCUT2D eigenvalue weighted by molar-refractivity contribution is -0.152. The van der Waals surface area contributed by atoms with Gasteiger partial charge >= 0.3 is 23.1 Å². The standard InChI is InChI=1S/C27H48N2O7Si2/c1-16(2)33-26-22(13-21-14-24(30-11)29-27(28-21)31-12)25-23(34-26)15-32-37(17(3)4,18(5)6)36-38(35-25,19(7)8)20(9)10/h13-14,16-20,23,25-26H,15H2,1-12H3/b22-13-/t23-,25+,26-/m1/s1. The van der Waals surface area contributed by atoms with E-state index in [9.17, 15) is 0 Å². The number of hydrogen-bond donors (Lipinski definition) is 0. The first-order valence-electron chi connectivity index (χ1n) is 13.8. The van der Waals surface area contributed by atoms with Crippen LogP contribution in [0.4, 0.5) is 0 Å². The van der Waals surface area contributed by atoms with Gasteiger partial charge in [0, 0.05) is 11.6 Å². The van der Waals surface area contributed by atoms with Gasteiger partial charge in [0.05, 0.1) is 32.6 Å². The second-order valence-electron chi connectivity index (χ2n) is 11.7. The second kappa shape index (κ2) is 12.4. The van der Waals surface area contributed by atoms with E-state index in [0.29, 0.717) is 18.2 Å². The number of hydrogen-bond acceptors (Lipinski definition) is 9. The summed E-state index contributed by atoms with van der Waals surface area (Å²) in [6.07, 6.45) is 0.527. The van der Waals surface area contributed by atoms with Crippen LogP contribution in [0.15, 0.2) is 11.6 Å². The van der Waals surface area contributed by atoms with Crippen LogP contribution in [0.5, 0.6) is 11.9 Å². The average Bonchev–Trinajstić information content (AvgIpc) is 3.12. The summed E-state index contributed by atoms with van der Waals surface area (Å²) in [6.45, 7) is 22.1. The van der Waals surface area contributed by atoms with E-state index < -0.39 is 29.5 Å². The lowest BCUT2D eigenvalue weighted by Gasteiger charge is -2.51. The van der Waals surface area contributed by atoms with Crippen molar-refractivity contribution in [3.05, 3.63) is 17.3 Å². The SMILES string of the molecule is COc1cc(/C=C2\[C@H](OC(C)C)O[C@@H]3CO[Si](C(C)C)(C(C)C)O[Si](C(C)C)(C(C)C)O[C@@H]23)nc(OC)n1. The van der Waals surface area contributed by atoms with E-state index in [0.717, 1.165) is 5.57 Å². The smallest absolute Gasteiger partial charge is 0.335 e. The van der Waals surface area contributed by atoms with Crippen molar-refractivity contribution in [2.24, 2.45) is 0 Å². The van der Waals surface area contributed by atoms with Gasteiger partial charge in [-0.25, -0.2) is 0 Å². The zero-order valence-electron chi connectivity index (χ0n) is 25.2. The van der Waals surface area contributed by atoms with Gasteiger partial charge in [0.15, 0.2) is 6.29 Å². The first-order valence-corrected chi connectivity index (χ1v) is 17.7. The number of methoxy groups -OCH3 is 2. The third-order valence-corrected chi connectivity index (χ3v) is 17.6. The number of rotatable bonds is 9. The molecule has 9 nitrogen and oxygen atoms in total. The normalized spacial score (nSPS) is 26.3. The summed E-state index contributed by atoms with van der Waals surface area (Å²) in [5, 5.41) is 0. The van der Waals surface area contributed by atoms with Gasteiger partial charge in [-0.2, -0.15) is 9.97 Å². The Bertz CT molecular complexity index is 932. The maximum absolute atomic E-state index is 7.35. The Labute approximate surface area is 231 Å². The molecule has 2 fully saturated rings. The molecule has 3 heterocycles. The van der Waals surface area contributed by atoms with Crippen molar-refractivity contribution in [2.45, 2.75) is 116 Å². The van der Waals surface area contributed by atoms with Gasteiger partial charge in [0.2, 0.25) is 5.88 Å². The Hall–Kier alpha value is -1.35. The van der Waals surface area contributed by atoms with E-state index in [1.807, 2.05) is 19.9 Å². The van der Waals surface area contributed by atoms with Gasteiger partial charge in [-0.3, -0.25) is 0 Å². The van der Waals surface area contributed by atoms with Crippen molar-refractivity contribution in [3.8, 4) is 11.9 Å². The van der Waals surface area contributed by atoms with Gasteiger partial charge in [0.25, 0.3) is 0 Å². The van der Waals surface area contributed by atoms with Gasteiger partial charge in [-0.1, -0.05) is 55.4 Å². The Morgan fingerprint density at radius 1 is 0.868 bits per heavy atom. The van der Waals surface area contributed by atoms with E-state index in [1.54, 1.807) is 13.2 Å². The van der Waals surface area contributed by atoms with Crippen LogP contribution in [0.3, 0.4) is 0 Å². The zero-order chi connectivity index (χ0) is 28.4. The molecule has 1 aromatic heterocycles. The first kappa shape index (κ1) is 31.2. The molecule has 0 aliphatic carbocycles. The van der Waals surface area contributed by atoms with Crippen molar-refractivity contribution in [1.82, 2.24) is 9.97 Å². The predicted octanol–water partition coefficient (Wildman–Crippen LogP) is 5.98. The summed E-state index contributed by atoms with van der Waals surface area (Å²) in [4.78, 5) is 8.76. The molecule has 11 heteroatoms. The molecule has 2 saturated heterocycles. The molecule has 216 valence electrons. The van der Waals surface area contributed by atoms with E-state index in [-0.39, 0.29) is 40.4 Å². The number of nitrogens with zero attached hydrogens (tertiary/aromatic N) is 2. The minimum absolute atomic E-state index is 0.0587. The molecule has 0 unspecified atom stereocenters. The van der Waals surface area contributed by atoms with Gasteiger partial charge in [0.1, 0.15) is 12.2 Å². The third kappa shape index (κ3) is 6.19. The molecule has 0 aromatic carbocycles. The second-order valence-corrected chi connectivity index (χ2v) is 20.5.